The monoisotopic (exact) mass is 282 g/mol. The Balaban J connectivity index is 2.67. The molecule has 1 rings (SSSR count). The highest BCUT2D eigenvalue weighted by molar-refractivity contribution is 5.89. The summed E-state index contributed by atoms with van der Waals surface area (Å²) in [4.78, 5) is 11.8. The summed E-state index contributed by atoms with van der Waals surface area (Å²) in [6.45, 7) is 4.73. The maximum absolute atomic E-state index is 11.8. The number of carbonyl (C=O) groups is 1. The summed E-state index contributed by atoms with van der Waals surface area (Å²) >= 11 is 0. The lowest BCUT2D eigenvalue weighted by atomic mass is 10.2. The molecule has 0 aliphatic heterocycles. The number of carbonyl (C=O) groups excluding carboxylic acids is 1. The van der Waals surface area contributed by atoms with Crippen LogP contribution in [-0.4, -0.2) is 39.5 Å². The van der Waals surface area contributed by atoms with Crippen LogP contribution >= 0.6 is 0 Å². The Morgan fingerprint density at radius 3 is 2.65 bits per heavy atom. The van der Waals surface area contributed by atoms with Crippen molar-refractivity contribution in [3.05, 3.63) is 18.2 Å². The number of urea groups is 1. The van der Waals surface area contributed by atoms with E-state index in [-0.39, 0.29) is 12.1 Å². The molecule has 112 valence electrons. The van der Waals surface area contributed by atoms with Crippen LogP contribution in [0.1, 0.15) is 13.8 Å². The molecule has 0 saturated carbocycles. The fourth-order valence-corrected chi connectivity index (χ4v) is 1.71. The minimum atomic E-state index is -0.290. The molecule has 0 radical (unpaired) electrons. The second-order valence-electron chi connectivity index (χ2n) is 4.25. The maximum Gasteiger partial charge on any atom is 0.319 e. The Bertz CT molecular complexity index is 437. The number of nitrogens with one attached hydrogen (secondary N) is 2. The lowest BCUT2D eigenvalue weighted by molar-refractivity contribution is 0.173. The quantitative estimate of drug-likeness (QED) is 0.805. The molecule has 20 heavy (non-hydrogen) atoms. The van der Waals surface area contributed by atoms with Crippen molar-refractivity contribution in [1.82, 2.24) is 5.32 Å². The third-order valence-electron chi connectivity index (χ3n) is 2.52. The predicted octanol–water partition coefficient (Wildman–Crippen LogP) is 2.25. The lowest BCUT2D eigenvalue weighted by Gasteiger charge is -2.15. The third kappa shape index (κ3) is 4.97. The Hall–Kier alpha value is -1.95. The highest BCUT2D eigenvalue weighted by Crippen LogP contribution is 2.30. The van der Waals surface area contributed by atoms with E-state index in [2.05, 4.69) is 10.6 Å². The van der Waals surface area contributed by atoms with Gasteiger partial charge in [0.2, 0.25) is 0 Å². The Labute approximate surface area is 119 Å². The van der Waals surface area contributed by atoms with Gasteiger partial charge in [0.15, 0.2) is 11.5 Å². The van der Waals surface area contributed by atoms with Gasteiger partial charge in [0.05, 0.1) is 26.4 Å². The summed E-state index contributed by atoms with van der Waals surface area (Å²) in [6, 6.07) is 4.87. The molecule has 1 aromatic rings. The van der Waals surface area contributed by atoms with Gasteiger partial charge in [-0.2, -0.15) is 0 Å². The van der Waals surface area contributed by atoms with E-state index in [0.717, 1.165) is 0 Å². The number of hydrogen-bond donors (Lipinski definition) is 2. The molecule has 0 fully saturated rings. The summed E-state index contributed by atoms with van der Waals surface area (Å²) in [5.74, 6) is 1.23. The molecule has 1 unspecified atom stereocenters. The molecule has 6 heteroatoms. The van der Waals surface area contributed by atoms with Crippen LogP contribution in [0.4, 0.5) is 10.5 Å². The summed E-state index contributed by atoms with van der Waals surface area (Å²) in [6.07, 6.45) is 0. The van der Waals surface area contributed by atoms with Gasteiger partial charge in [-0.25, -0.2) is 4.79 Å². The average molecular weight is 282 g/mol. The molecule has 2 N–H and O–H groups in total. The number of hydrogen-bond acceptors (Lipinski definition) is 4. The number of methoxy groups -OCH3 is 2. The highest BCUT2D eigenvalue weighted by atomic mass is 16.5. The van der Waals surface area contributed by atoms with E-state index in [1.807, 2.05) is 13.8 Å². The topological polar surface area (TPSA) is 68.8 Å². The third-order valence-corrected chi connectivity index (χ3v) is 2.52. The zero-order chi connectivity index (χ0) is 15.0. The summed E-state index contributed by atoms with van der Waals surface area (Å²) in [5, 5.41) is 5.50. The van der Waals surface area contributed by atoms with Crippen LogP contribution in [0.15, 0.2) is 18.2 Å². The summed E-state index contributed by atoms with van der Waals surface area (Å²) in [7, 11) is 3.16. The van der Waals surface area contributed by atoms with Crippen LogP contribution in [0.5, 0.6) is 11.5 Å². The van der Waals surface area contributed by atoms with Crippen LogP contribution < -0.4 is 20.1 Å². The van der Waals surface area contributed by atoms with Crippen LogP contribution in [0.2, 0.25) is 0 Å². The average Bonchev–Trinajstić information content (AvgIpc) is 2.39. The Morgan fingerprint density at radius 2 is 2.05 bits per heavy atom. The molecule has 0 spiro atoms. The van der Waals surface area contributed by atoms with E-state index in [4.69, 9.17) is 14.2 Å². The van der Waals surface area contributed by atoms with E-state index >= 15 is 0 Å². The van der Waals surface area contributed by atoms with Crippen molar-refractivity contribution in [3.8, 4) is 11.5 Å². The van der Waals surface area contributed by atoms with Gasteiger partial charge in [0, 0.05) is 18.9 Å². The molecule has 1 atom stereocenters. The minimum absolute atomic E-state index is 0.0652. The minimum Gasteiger partial charge on any atom is -0.493 e. The van der Waals surface area contributed by atoms with Crippen molar-refractivity contribution in [2.45, 2.75) is 19.9 Å². The van der Waals surface area contributed by atoms with Crippen molar-refractivity contribution in [2.24, 2.45) is 0 Å². The first-order chi connectivity index (χ1) is 9.60. The maximum atomic E-state index is 11.8. The van der Waals surface area contributed by atoms with Crippen molar-refractivity contribution in [3.63, 3.8) is 0 Å². The molecule has 2 amide bonds. The zero-order valence-corrected chi connectivity index (χ0v) is 12.4. The van der Waals surface area contributed by atoms with Gasteiger partial charge in [-0.1, -0.05) is 0 Å². The summed E-state index contributed by atoms with van der Waals surface area (Å²) in [5.41, 5.74) is 0.636. The number of anilines is 1. The van der Waals surface area contributed by atoms with Crippen LogP contribution in [-0.2, 0) is 4.74 Å². The zero-order valence-electron chi connectivity index (χ0n) is 12.4. The molecule has 0 aliphatic rings. The lowest BCUT2D eigenvalue weighted by Crippen LogP contribution is -2.38. The predicted molar refractivity (Wildman–Crippen MR) is 77.7 cm³/mol. The van der Waals surface area contributed by atoms with E-state index < -0.39 is 0 Å². The highest BCUT2D eigenvalue weighted by Gasteiger charge is 2.09. The number of benzene rings is 1. The number of rotatable bonds is 7. The van der Waals surface area contributed by atoms with Crippen molar-refractivity contribution in [2.75, 3.05) is 32.8 Å². The molecular weight excluding hydrogens is 260 g/mol. The van der Waals surface area contributed by atoms with Crippen molar-refractivity contribution >= 4 is 11.7 Å². The molecule has 0 aliphatic carbocycles. The van der Waals surface area contributed by atoms with Gasteiger partial charge >= 0.3 is 6.03 Å². The fraction of sp³-hybridized carbons (Fsp3) is 0.500. The number of amides is 2. The van der Waals surface area contributed by atoms with E-state index in [9.17, 15) is 4.79 Å². The van der Waals surface area contributed by atoms with Gasteiger partial charge in [0.1, 0.15) is 0 Å². The van der Waals surface area contributed by atoms with E-state index in [1.165, 1.54) is 0 Å². The van der Waals surface area contributed by atoms with Gasteiger partial charge < -0.3 is 24.8 Å². The second kappa shape index (κ2) is 8.27. The Kier molecular flexibility index (Phi) is 6.66. The van der Waals surface area contributed by atoms with E-state index in [0.29, 0.717) is 30.4 Å². The van der Waals surface area contributed by atoms with Crippen LogP contribution in [0, 0.1) is 0 Å². The first kappa shape index (κ1) is 16.1. The van der Waals surface area contributed by atoms with Crippen LogP contribution in [0.25, 0.3) is 0 Å². The van der Waals surface area contributed by atoms with E-state index in [1.54, 1.807) is 32.4 Å². The molecule has 0 saturated heterocycles. The van der Waals surface area contributed by atoms with Gasteiger partial charge in [-0.05, 0) is 26.0 Å². The number of ether oxygens (including phenoxy) is 3. The molecule has 0 aromatic heterocycles. The normalized spacial score (nSPS) is 11.6. The van der Waals surface area contributed by atoms with Crippen molar-refractivity contribution in [1.29, 1.82) is 0 Å². The van der Waals surface area contributed by atoms with Gasteiger partial charge in [-0.3, -0.25) is 0 Å². The SMILES string of the molecule is CCOc1cc(NC(=O)NC(C)COC)ccc1OC. The fourth-order valence-electron chi connectivity index (χ4n) is 1.71. The first-order valence-electron chi connectivity index (χ1n) is 6.48. The van der Waals surface area contributed by atoms with Gasteiger partial charge in [0.25, 0.3) is 0 Å². The largest absolute Gasteiger partial charge is 0.493 e. The molecule has 6 nitrogen and oxygen atoms in total. The molecule has 0 heterocycles. The molecule has 0 bridgehead atoms. The smallest absolute Gasteiger partial charge is 0.319 e. The van der Waals surface area contributed by atoms with Crippen molar-refractivity contribution < 1.29 is 19.0 Å². The first-order valence-corrected chi connectivity index (χ1v) is 6.48. The standard InChI is InChI=1S/C14H22N2O4/c1-5-20-13-8-11(6-7-12(13)19-4)16-14(17)15-10(2)9-18-3/h6-8,10H,5,9H2,1-4H3,(H2,15,16,17). The second-order valence-corrected chi connectivity index (χ2v) is 4.25. The van der Waals surface area contributed by atoms with Crippen LogP contribution in [0.3, 0.4) is 0 Å². The van der Waals surface area contributed by atoms with Gasteiger partial charge in [-0.15, -0.1) is 0 Å². The Morgan fingerprint density at radius 1 is 1.30 bits per heavy atom. The summed E-state index contributed by atoms with van der Waals surface area (Å²) < 4.78 is 15.6. The molecule has 1 aromatic carbocycles. The molecular formula is C14H22N2O4.